The molecule has 0 amide bonds. The highest BCUT2D eigenvalue weighted by Gasteiger charge is 2.18. The van der Waals surface area contributed by atoms with Crippen LogP contribution < -0.4 is 4.90 Å². The van der Waals surface area contributed by atoms with Gasteiger partial charge >= 0.3 is 0 Å². The van der Waals surface area contributed by atoms with E-state index in [9.17, 15) is 5.11 Å². The molecule has 1 aromatic carbocycles. The summed E-state index contributed by atoms with van der Waals surface area (Å²) in [6, 6.07) is 8.31. The van der Waals surface area contributed by atoms with Gasteiger partial charge in [0.05, 0.1) is 6.10 Å². The molecule has 1 aliphatic rings. The lowest BCUT2D eigenvalue weighted by Gasteiger charge is -2.33. The molecule has 3 heteroatoms. The number of piperidine rings is 1. The van der Waals surface area contributed by atoms with E-state index in [1.165, 1.54) is 18.5 Å². The van der Waals surface area contributed by atoms with Crippen molar-refractivity contribution in [1.29, 1.82) is 0 Å². The lowest BCUT2D eigenvalue weighted by Crippen LogP contribution is -2.34. The molecular weight excluding hydrogens is 230 g/mol. The molecule has 0 bridgehead atoms. The summed E-state index contributed by atoms with van der Waals surface area (Å²) in [6.07, 6.45) is 4.39. The van der Waals surface area contributed by atoms with E-state index >= 15 is 0 Å². The van der Waals surface area contributed by atoms with Gasteiger partial charge in [0, 0.05) is 24.0 Å². The van der Waals surface area contributed by atoms with Gasteiger partial charge in [0.15, 0.2) is 0 Å². The predicted octanol–water partition coefficient (Wildman–Crippen LogP) is 3.07. The normalized spacial score (nSPS) is 19.4. The van der Waals surface area contributed by atoms with Crippen LogP contribution in [-0.4, -0.2) is 29.7 Å². The van der Waals surface area contributed by atoms with Gasteiger partial charge in [-0.25, -0.2) is 0 Å². The molecule has 1 fully saturated rings. The largest absolute Gasteiger partial charge is 0.389 e. The van der Waals surface area contributed by atoms with Gasteiger partial charge in [-0.15, -0.1) is 0 Å². The van der Waals surface area contributed by atoms with Crippen LogP contribution in [0.5, 0.6) is 0 Å². The van der Waals surface area contributed by atoms with Crippen molar-refractivity contribution >= 4 is 17.4 Å². The fourth-order valence-corrected chi connectivity index (χ4v) is 3.00. The maximum Gasteiger partial charge on any atom is 0.0761 e. The van der Waals surface area contributed by atoms with E-state index in [1.807, 2.05) is 23.9 Å². The maximum absolute atomic E-state index is 9.48. The molecule has 0 aliphatic carbocycles. The average molecular weight is 251 g/mol. The van der Waals surface area contributed by atoms with Gasteiger partial charge in [0.1, 0.15) is 0 Å². The molecule has 17 heavy (non-hydrogen) atoms. The molecule has 2 nitrogen and oxygen atoms in total. The molecule has 94 valence electrons. The summed E-state index contributed by atoms with van der Waals surface area (Å²) in [5.41, 5.74) is 2.28. The van der Waals surface area contributed by atoms with E-state index in [0.29, 0.717) is 0 Å². The Morgan fingerprint density at radius 3 is 2.29 bits per heavy atom. The van der Waals surface area contributed by atoms with Crippen molar-refractivity contribution in [1.82, 2.24) is 0 Å². The first-order valence-electron chi connectivity index (χ1n) is 6.26. The zero-order valence-corrected chi connectivity index (χ0v) is 11.4. The highest BCUT2D eigenvalue weighted by Crippen LogP contribution is 2.26. The molecule has 1 heterocycles. The molecule has 0 saturated carbocycles. The smallest absolute Gasteiger partial charge is 0.0761 e. The van der Waals surface area contributed by atoms with Crippen molar-refractivity contribution in [2.24, 2.45) is 0 Å². The second-order valence-electron chi connectivity index (χ2n) is 4.69. The minimum absolute atomic E-state index is 0.369. The Bertz CT molecular complexity index is 342. The predicted molar refractivity (Wildman–Crippen MR) is 75.8 cm³/mol. The molecule has 1 N–H and O–H groups in total. The van der Waals surface area contributed by atoms with Gasteiger partial charge in [-0.05, 0) is 43.7 Å². The zero-order chi connectivity index (χ0) is 12.3. The number of hydrogen-bond donors (Lipinski definition) is 1. The lowest BCUT2D eigenvalue weighted by molar-refractivity contribution is 0.199. The van der Waals surface area contributed by atoms with Crippen LogP contribution in [0.25, 0.3) is 0 Å². The van der Waals surface area contributed by atoms with E-state index in [4.69, 9.17) is 0 Å². The second kappa shape index (κ2) is 5.78. The molecule has 0 radical (unpaired) electrons. The van der Waals surface area contributed by atoms with E-state index in [2.05, 4.69) is 23.3 Å². The minimum Gasteiger partial charge on any atom is -0.389 e. The van der Waals surface area contributed by atoms with E-state index in [1.54, 1.807) is 6.92 Å². The molecule has 1 saturated heterocycles. The third-order valence-corrected chi connectivity index (χ3v) is 4.65. The van der Waals surface area contributed by atoms with Crippen LogP contribution >= 0.6 is 11.8 Å². The summed E-state index contributed by atoms with van der Waals surface area (Å²) in [7, 11) is 0. The monoisotopic (exact) mass is 251 g/mol. The van der Waals surface area contributed by atoms with Gasteiger partial charge < -0.3 is 10.0 Å². The number of hydrogen-bond acceptors (Lipinski definition) is 3. The number of aliphatic hydroxyl groups excluding tert-OH is 1. The molecular formula is C14H21NOS. The number of nitrogens with zero attached hydrogens (tertiary/aromatic N) is 1. The topological polar surface area (TPSA) is 23.5 Å². The molecule has 0 spiro atoms. The third-order valence-electron chi connectivity index (χ3n) is 3.52. The summed E-state index contributed by atoms with van der Waals surface area (Å²) in [6.45, 7) is 4.11. The quantitative estimate of drug-likeness (QED) is 0.893. The van der Waals surface area contributed by atoms with Crippen LogP contribution in [0.3, 0.4) is 0 Å². The first-order valence-corrected chi connectivity index (χ1v) is 7.55. The fourth-order valence-electron chi connectivity index (χ4n) is 2.31. The number of rotatable bonds is 3. The van der Waals surface area contributed by atoms with Crippen LogP contribution in [0.4, 0.5) is 5.69 Å². The number of thioether (sulfide) groups is 1. The van der Waals surface area contributed by atoms with Crippen LogP contribution in [0, 0.1) is 0 Å². The van der Waals surface area contributed by atoms with Crippen LogP contribution in [0.1, 0.15) is 31.4 Å². The van der Waals surface area contributed by atoms with Gasteiger partial charge in [-0.1, -0.05) is 12.1 Å². The SMILES string of the molecule is CSC1CCN(c2ccc(C(C)O)cc2)CC1. The highest BCUT2D eigenvalue weighted by molar-refractivity contribution is 7.99. The maximum atomic E-state index is 9.48. The Kier molecular flexibility index (Phi) is 4.35. The summed E-state index contributed by atoms with van der Waals surface area (Å²) < 4.78 is 0. The number of benzene rings is 1. The standard InChI is InChI=1S/C14H21NOS/c1-11(16)12-3-5-13(6-4-12)15-9-7-14(17-2)8-10-15/h3-6,11,14,16H,7-10H2,1-2H3. The molecule has 1 unspecified atom stereocenters. The summed E-state index contributed by atoms with van der Waals surface area (Å²) in [5.74, 6) is 0. The van der Waals surface area contributed by atoms with Crippen molar-refractivity contribution in [3.05, 3.63) is 29.8 Å². The van der Waals surface area contributed by atoms with Gasteiger partial charge in [-0.3, -0.25) is 0 Å². The van der Waals surface area contributed by atoms with Gasteiger partial charge in [-0.2, -0.15) is 11.8 Å². The van der Waals surface area contributed by atoms with Crippen molar-refractivity contribution in [2.75, 3.05) is 24.2 Å². The molecule has 1 aromatic rings. The minimum atomic E-state index is -0.369. The summed E-state index contributed by atoms with van der Waals surface area (Å²) in [5, 5.41) is 10.3. The number of anilines is 1. The average Bonchev–Trinajstić information content (AvgIpc) is 2.39. The third kappa shape index (κ3) is 3.17. The van der Waals surface area contributed by atoms with E-state index in [-0.39, 0.29) is 6.10 Å². The van der Waals surface area contributed by atoms with Crippen LogP contribution in [-0.2, 0) is 0 Å². The first-order chi connectivity index (χ1) is 8.20. The van der Waals surface area contributed by atoms with Crippen molar-refractivity contribution in [3.8, 4) is 0 Å². The Labute approximate surface area is 108 Å². The van der Waals surface area contributed by atoms with Crippen molar-refractivity contribution < 1.29 is 5.11 Å². The Morgan fingerprint density at radius 1 is 1.24 bits per heavy atom. The highest BCUT2D eigenvalue weighted by atomic mass is 32.2. The van der Waals surface area contributed by atoms with E-state index < -0.39 is 0 Å². The van der Waals surface area contributed by atoms with Crippen molar-refractivity contribution in [2.45, 2.75) is 31.1 Å². The lowest BCUT2D eigenvalue weighted by atomic mass is 10.1. The zero-order valence-electron chi connectivity index (χ0n) is 10.6. The Hall–Kier alpha value is -0.670. The Balaban J connectivity index is 1.99. The van der Waals surface area contributed by atoms with Gasteiger partial charge in [0.2, 0.25) is 0 Å². The van der Waals surface area contributed by atoms with Crippen LogP contribution in [0.15, 0.2) is 24.3 Å². The van der Waals surface area contributed by atoms with Gasteiger partial charge in [0.25, 0.3) is 0 Å². The second-order valence-corrected chi connectivity index (χ2v) is 5.83. The molecule has 0 aromatic heterocycles. The first kappa shape index (κ1) is 12.8. The molecule has 2 rings (SSSR count). The molecule has 1 aliphatic heterocycles. The van der Waals surface area contributed by atoms with Crippen molar-refractivity contribution in [3.63, 3.8) is 0 Å². The Morgan fingerprint density at radius 2 is 1.82 bits per heavy atom. The molecule has 1 atom stereocenters. The fraction of sp³-hybridized carbons (Fsp3) is 0.571. The van der Waals surface area contributed by atoms with E-state index in [0.717, 1.165) is 23.9 Å². The summed E-state index contributed by atoms with van der Waals surface area (Å²) >= 11 is 1.99. The summed E-state index contributed by atoms with van der Waals surface area (Å²) in [4.78, 5) is 2.44. The van der Waals surface area contributed by atoms with Crippen LogP contribution in [0.2, 0.25) is 0 Å². The number of aliphatic hydroxyl groups is 1.